The molecule has 2 amide bonds. The van der Waals surface area contributed by atoms with Gasteiger partial charge in [-0.2, -0.15) is 0 Å². The Morgan fingerprint density at radius 1 is 1.14 bits per heavy atom. The summed E-state index contributed by atoms with van der Waals surface area (Å²) in [6, 6.07) is 0. The molecule has 5 heteroatoms. The highest BCUT2D eigenvalue weighted by Gasteiger charge is 2.46. The van der Waals surface area contributed by atoms with Crippen molar-refractivity contribution in [3.63, 3.8) is 0 Å². The van der Waals surface area contributed by atoms with Gasteiger partial charge in [0.05, 0.1) is 12.6 Å². The van der Waals surface area contributed by atoms with Crippen molar-refractivity contribution in [1.82, 2.24) is 10.2 Å². The lowest BCUT2D eigenvalue weighted by Gasteiger charge is -2.44. The Bertz CT molecular complexity index is 398. The number of hydrogen-bond acceptors (Lipinski definition) is 3. The van der Waals surface area contributed by atoms with Gasteiger partial charge in [0.25, 0.3) is 0 Å². The van der Waals surface area contributed by atoms with Gasteiger partial charge in [-0.1, -0.05) is 19.3 Å². The number of amides is 2. The molecule has 0 aromatic heterocycles. The largest absolute Gasteiger partial charge is 0.378 e. The number of carbonyl (C=O) groups excluding carboxylic acids is 2. The van der Waals surface area contributed by atoms with Crippen molar-refractivity contribution >= 4 is 11.8 Å². The lowest BCUT2D eigenvalue weighted by Crippen LogP contribution is -2.67. The number of carbonyl (C=O) groups is 2. The molecule has 21 heavy (non-hydrogen) atoms. The zero-order chi connectivity index (χ0) is 14.7. The summed E-state index contributed by atoms with van der Waals surface area (Å²) in [7, 11) is 0. The second-order valence-corrected chi connectivity index (χ2v) is 6.69. The molecule has 1 aliphatic carbocycles. The lowest BCUT2D eigenvalue weighted by molar-refractivity contribution is -0.152. The molecule has 1 atom stereocenters. The average molecular weight is 294 g/mol. The smallest absolute Gasteiger partial charge is 0.248 e. The quantitative estimate of drug-likeness (QED) is 0.860. The monoisotopic (exact) mass is 294 g/mol. The summed E-state index contributed by atoms with van der Waals surface area (Å²) in [5.41, 5.74) is -0.596. The molecular formula is C16H26N2O3. The summed E-state index contributed by atoms with van der Waals surface area (Å²) in [6.45, 7) is 1.70. The lowest BCUT2D eigenvalue weighted by atomic mass is 9.79. The first kappa shape index (κ1) is 14.8. The molecule has 1 unspecified atom stereocenters. The zero-order valence-corrected chi connectivity index (χ0v) is 12.7. The standard InChI is InChI=1S/C16H26N2O3/c19-14-12-18(10-7-13-6-2-5-11-21-13)15(20)16(17-14)8-3-1-4-9-16/h13H,1-12H2,(H,17,19). The van der Waals surface area contributed by atoms with Gasteiger partial charge in [-0.25, -0.2) is 0 Å². The molecule has 1 N–H and O–H groups in total. The molecule has 0 radical (unpaired) electrons. The Labute approximate surface area is 126 Å². The number of hydrogen-bond donors (Lipinski definition) is 1. The third-order valence-corrected chi connectivity index (χ3v) is 5.11. The van der Waals surface area contributed by atoms with Gasteiger partial charge in [0.15, 0.2) is 0 Å². The SMILES string of the molecule is O=C1CN(CCC2CCCCO2)C(=O)C2(CCCCC2)N1. The number of piperazine rings is 1. The number of nitrogens with one attached hydrogen (secondary N) is 1. The molecule has 3 rings (SSSR count). The van der Waals surface area contributed by atoms with Crippen LogP contribution in [0.15, 0.2) is 0 Å². The first-order valence-electron chi connectivity index (χ1n) is 8.42. The molecule has 1 spiro atoms. The minimum absolute atomic E-state index is 0.000984. The molecule has 2 heterocycles. The molecule has 5 nitrogen and oxygen atoms in total. The van der Waals surface area contributed by atoms with Crippen LogP contribution in [0.2, 0.25) is 0 Å². The van der Waals surface area contributed by atoms with Crippen molar-refractivity contribution in [2.75, 3.05) is 19.7 Å². The third kappa shape index (κ3) is 3.23. The summed E-state index contributed by atoms with van der Waals surface area (Å²) in [5, 5.41) is 2.99. The van der Waals surface area contributed by atoms with Crippen molar-refractivity contribution < 1.29 is 14.3 Å². The van der Waals surface area contributed by atoms with E-state index in [4.69, 9.17) is 4.74 Å². The summed E-state index contributed by atoms with van der Waals surface area (Å²) >= 11 is 0. The summed E-state index contributed by atoms with van der Waals surface area (Å²) in [5.74, 6) is 0.138. The van der Waals surface area contributed by atoms with Gasteiger partial charge in [0, 0.05) is 13.2 Å². The van der Waals surface area contributed by atoms with Crippen molar-refractivity contribution in [3.8, 4) is 0 Å². The fraction of sp³-hybridized carbons (Fsp3) is 0.875. The van der Waals surface area contributed by atoms with Gasteiger partial charge in [-0.05, 0) is 38.5 Å². The predicted octanol–water partition coefficient (Wildman–Crippen LogP) is 1.61. The van der Waals surface area contributed by atoms with E-state index in [-0.39, 0.29) is 24.5 Å². The Kier molecular flexibility index (Phi) is 4.48. The van der Waals surface area contributed by atoms with Gasteiger partial charge in [0.2, 0.25) is 11.8 Å². The first-order valence-corrected chi connectivity index (χ1v) is 8.42. The van der Waals surface area contributed by atoms with Gasteiger partial charge in [0.1, 0.15) is 5.54 Å². The molecule has 0 bridgehead atoms. The first-order chi connectivity index (χ1) is 10.2. The van der Waals surface area contributed by atoms with Crippen LogP contribution in [0.1, 0.15) is 57.8 Å². The van der Waals surface area contributed by atoms with E-state index in [0.29, 0.717) is 6.54 Å². The average Bonchev–Trinajstić information content (AvgIpc) is 2.51. The van der Waals surface area contributed by atoms with Crippen molar-refractivity contribution in [2.24, 2.45) is 0 Å². The van der Waals surface area contributed by atoms with Crippen LogP contribution in [0.5, 0.6) is 0 Å². The van der Waals surface area contributed by atoms with E-state index < -0.39 is 5.54 Å². The molecule has 0 aromatic rings. The van der Waals surface area contributed by atoms with E-state index in [0.717, 1.165) is 51.6 Å². The van der Waals surface area contributed by atoms with Crippen molar-refractivity contribution in [1.29, 1.82) is 0 Å². The maximum Gasteiger partial charge on any atom is 0.248 e. The minimum Gasteiger partial charge on any atom is -0.378 e. The minimum atomic E-state index is -0.596. The Morgan fingerprint density at radius 3 is 2.67 bits per heavy atom. The second-order valence-electron chi connectivity index (χ2n) is 6.69. The summed E-state index contributed by atoms with van der Waals surface area (Å²) in [6.07, 6.45) is 9.39. The van der Waals surface area contributed by atoms with Crippen LogP contribution < -0.4 is 5.32 Å². The predicted molar refractivity (Wildman–Crippen MR) is 78.7 cm³/mol. The number of ether oxygens (including phenoxy) is 1. The topological polar surface area (TPSA) is 58.6 Å². The van der Waals surface area contributed by atoms with Crippen LogP contribution in [-0.2, 0) is 14.3 Å². The van der Waals surface area contributed by atoms with Gasteiger partial charge in [-0.15, -0.1) is 0 Å². The number of nitrogens with zero attached hydrogens (tertiary/aromatic N) is 1. The van der Waals surface area contributed by atoms with E-state index in [1.54, 1.807) is 4.90 Å². The Morgan fingerprint density at radius 2 is 1.95 bits per heavy atom. The second kappa shape index (κ2) is 6.34. The van der Waals surface area contributed by atoms with Crippen LogP contribution >= 0.6 is 0 Å². The number of rotatable bonds is 3. The van der Waals surface area contributed by atoms with Crippen LogP contribution in [0.4, 0.5) is 0 Å². The van der Waals surface area contributed by atoms with Gasteiger partial charge < -0.3 is 15.0 Å². The van der Waals surface area contributed by atoms with Gasteiger partial charge in [-0.3, -0.25) is 9.59 Å². The van der Waals surface area contributed by atoms with Crippen LogP contribution in [0.25, 0.3) is 0 Å². The van der Waals surface area contributed by atoms with E-state index in [9.17, 15) is 9.59 Å². The van der Waals surface area contributed by atoms with Crippen molar-refractivity contribution in [3.05, 3.63) is 0 Å². The third-order valence-electron chi connectivity index (χ3n) is 5.11. The molecule has 1 saturated carbocycles. The molecule has 2 aliphatic heterocycles. The van der Waals surface area contributed by atoms with Gasteiger partial charge >= 0.3 is 0 Å². The van der Waals surface area contributed by atoms with E-state index in [2.05, 4.69) is 5.32 Å². The Hall–Kier alpha value is -1.10. The zero-order valence-electron chi connectivity index (χ0n) is 12.7. The molecule has 3 fully saturated rings. The highest BCUT2D eigenvalue weighted by molar-refractivity contribution is 5.98. The molecule has 0 aromatic carbocycles. The highest BCUT2D eigenvalue weighted by atomic mass is 16.5. The Balaban J connectivity index is 1.61. The van der Waals surface area contributed by atoms with Crippen LogP contribution in [0.3, 0.4) is 0 Å². The fourth-order valence-electron chi connectivity index (χ4n) is 3.92. The van der Waals surface area contributed by atoms with Crippen LogP contribution in [-0.4, -0.2) is 48.1 Å². The molecule has 3 aliphatic rings. The highest BCUT2D eigenvalue weighted by Crippen LogP contribution is 2.32. The summed E-state index contributed by atoms with van der Waals surface area (Å²) < 4.78 is 5.73. The van der Waals surface area contributed by atoms with Crippen molar-refractivity contribution in [2.45, 2.75) is 69.4 Å². The molecular weight excluding hydrogens is 268 g/mol. The fourth-order valence-corrected chi connectivity index (χ4v) is 3.92. The van der Waals surface area contributed by atoms with E-state index in [1.807, 2.05) is 0 Å². The maximum absolute atomic E-state index is 12.8. The van der Waals surface area contributed by atoms with Crippen LogP contribution in [0, 0.1) is 0 Å². The normalized spacial score (nSPS) is 29.5. The molecule has 2 saturated heterocycles. The molecule has 118 valence electrons. The van der Waals surface area contributed by atoms with E-state index in [1.165, 1.54) is 12.8 Å². The van der Waals surface area contributed by atoms with E-state index >= 15 is 0 Å². The maximum atomic E-state index is 12.8. The summed E-state index contributed by atoms with van der Waals surface area (Å²) in [4.78, 5) is 26.6.